The van der Waals surface area contributed by atoms with Crippen molar-refractivity contribution in [3.8, 4) is 5.82 Å². The molecule has 168 valence electrons. The molecule has 0 bridgehead atoms. The number of fused-ring (bicyclic) bond motifs is 1. The van der Waals surface area contributed by atoms with Crippen LogP contribution in [0.25, 0.3) is 16.7 Å². The molecule has 0 aliphatic carbocycles. The fourth-order valence-electron chi connectivity index (χ4n) is 4.19. The van der Waals surface area contributed by atoms with Crippen molar-refractivity contribution in [1.82, 2.24) is 24.6 Å². The number of para-hydroxylation sites is 1. The molecule has 1 aliphatic rings. The number of nitrogens with one attached hydrogen (secondary N) is 1. The number of aromatic nitrogens is 3. The zero-order valence-electron chi connectivity index (χ0n) is 19.0. The molecule has 1 N–H and O–H groups in total. The Morgan fingerprint density at radius 3 is 2.52 bits per heavy atom. The SMILES string of the molecule is Cc1c(C(=O)Nc2ccc(CN3CCN(C)CC3)cc2)cnn1-c1ccc2ccccc2n1. The van der Waals surface area contributed by atoms with Crippen LogP contribution >= 0.6 is 0 Å². The lowest BCUT2D eigenvalue weighted by molar-refractivity contribution is 0.102. The molecule has 0 spiro atoms. The van der Waals surface area contributed by atoms with Gasteiger partial charge in [-0.05, 0) is 49.9 Å². The summed E-state index contributed by atoms with van der Waals surface area (Å²) in [6.45, 7) is 7.21. The number of carbonyl (C=O) groups is 1. The van der Waals surface area contributed by atoms with Crippen LogP contribution in [0.2, 0.25) is 0 Å². The number of anilines is 1. The Hall–Kier alpha value is -3.55. The lowest BCUT2D eigenvalue weighted by Gasteiger charge is -2.32. The van der Waals surface area contributed by atoms with E-state index in [0.29, 0.717) is 11.4 Å². The second-order valence-corrected chi connectivity index (χ2v) is 8.65. The van der Waals surface area contributed by atoms with Crippen LogP contribution in [0.3, 0.4) is 0 Å². The molecule has 0 atom stereocenters. The monoisotopic (exact) mass is 440 g/mol. The fraction of sp³-hybridized carbons (Fsp3) is 0.269. The molecule has 7 heteroatoms. The standard InChI is InChI=1S/C26H28N6O/c1-19-23(17-27-32(19)25-12-9-21-5-3-4-6-24(21)29-25)26(33)28-22-10-7-20(8-11-22)18-31-15-13-30(2)14-16-31/h3-12,17H,13-16,18H2,1-2H3,(H,28,33). The van der Waals surface area contributed by atoms with E-state index in [1.54, 1.807) is 10.9 Å². The normalized spacial score (nSPS) is 15.1. The van der Waals surface area contributed by atoms with Crippen molar-refractivity contribution in [2.75, 3.05) is 38.5 Å². The molecule has 33 heavy (non-hydrogen) atoms. The van der Waals surface area contributed by atoms with Crippen molar-refractivity contribution in [3.05, 3.63) is 83.7 Å². The molecular weight excluding hydrogens is 412 g/mol. The van der Waals surface area contributed by atoms with Crippen LogP contribution in [-0.4, -0.2) is 63.7 Å². The van der Waals surface area contributed by atoms with E-state index < -0.39 is 0 Å². The lowest BCUT2D eigenvalue weighted by Crippen LogP contribution is -2.43. The molecule has 2 aromatic heterocycles. The van der Waals surface area contributed by atoms with Crippen molar-refractivity contribution in [3.63, 3.8) is 0 Å². The minimum absolute atomic E-state index is 0.175. The zero-order chi connectivity index (χ0) is 22.8. The first-order chi connectivity index (χ1) is 16.1. The van der Waals surface area contributed by atoms with Crippen LogP contribution in [0.1, 0.15) is 21.6 Å². The summed E-state index contributed by atoms with van der Waals surface area (Å²) in [7, 11) is 2.17. The third-order valence-corrected chi connectivity index (χ3v) is 6.27. The average Bonchev–Trinajstić information content (AvgIpc) is 3.23. The molecule has 5 rings (SSSR count). The Labute approximate surface area is 193 Å². The summed E-state index contributed by atoms with van der Waals surface area (Å²) < 4.78 is 1.71. The smallest absolute Gasteiger partial charge is 0.259 e. The van der Waals surface area contributed by atoms with E-state index >= 15 is 0 Å². The van der Waals surface area contributed by atoms with Gasteiger partial charge in [-0.1, -0.05) is 30.3 Å². The second kappa shape index (κ2) is 9.13. The van der Waals surface area contributed by atoms with E-state index in [-0.39, 0.29) is 5.91 Å². The van der Waals surface area contributed by atoms with Crippen LogP contribution in [0.4, 0.5) is 5.69 Å². The Morgan fingerprint density at radius 1 is 0.970 bits per heavy atom. The van der Waals surface area contributed by atoms with Crippen molar-refractivity contribution >= 4 is 22.5 Å². The number of benzene rings is 2. The highest BCUT2D eigenvalue weighted by atomic mass is 16.1. The summed E-state index contributed by atoms with van der Waals surface area (Å²) in [5.41, 5.74) is 4.21. The predicted molar refractivity (Wildman–Crippen MR) is 131 cm³/mol. The minimum atomic E-state index is -0.175. The Balaban J connectivity index is 1.27. The predicted octanol–water partition coefficient (Wildman–Crippen LogP) is 3.73. The van der Waals surface area contributed by atoms with E-state index in [4.69, 9.17) is 0 Å². The van der Waals surface area contributed by atoms with Gasteiger partial charge in [-0.15, -0.1) is 0 Å². The van der Waals surface area contributed by atoms with Crippen molar-refractivity contribution in [1.29, 1.82) is 0 Å². The first kappa shape index (κ1) is 21.3. The number of likely N-dealkylation sites (N-methyl/N-ethyl adjacent to an activating group) is 1. The summed E-state index contributed by atoms with van der Waals surface area (Å²) in [5, 5.41) is 8.49. The summed E-state index contributed by atoms with van der Waals surface area (Å²) in [4.78, 5) is 22.4. The van der Waals surface area contributed by atoms with Crippen LogP contribution < -0.4 is 5.32 Å². The molecule has 2 aromatic carbocycles. The van der Waals surface area contributed by atoms with Gasteiger partial charge in [-0.2, -0.15) is 5.10 Å². The number of hydrogen-bond acceptors (Lipinski definition) is 5. The average molecular weight is 441 g/mol. The molecule has 1 fully saturated rings. The summed E-state index contributed by atoms with van der Waals surface area (Å²) in [6.07, 6.45) is 1.60. The number of hydrogen-bond donors (Lipinski definition) is 1. The van der Waals surface area contributed by atoms with E-state index in [0.717, 1.165) is 55.0 Å². The topological polar surface area (TPSA) is 66.3 Å². The van der Waals surface area contributed by atoms with Gasteiger partial charge in [-0.25, -0.2) is 9.67 Å². The van der Waals surface area contributed by atoms with Crippen molar-refractivity contribution in [2.24, 2.45) is 0 Å². The van der Waals surface area contributed by atoms with Gasteiger partial charge in [0.05, 0.1) is 23.0 Å². The van der Waals surface area contributed by atoms with Crippen LogP contribution in [0.15, 0.2) is 66.9 Å². The van der Waals surface area contributed by atoms with E-state index in [1.807, 2.05) is 55.5 Å². The Kier molecular flexibility index (Phi) is 5.90. The molecule has 1 aliphatic heterocycles. The molecule has 3 heterocycles. The maximum Gasteiger partial charge on any atom is 0.259 e. The summed E-state index contributed by atoms with van der Waals surface area (Å²) in [5.74, 6) is 0.518. The maximum atomic E-state index is 12.9. The molecule has 4 aromatic rings. The number of nitrogens with zero attached hydrogens (tertiary/aromatic N) is 5. The highest BCUT2D eigenvalue weighted by Gasteiger charge is 2.17. The number of piperazine rings is 1. The molecule has 1 amide bonds. The first-order valence-electron chi connectivity index (χ1n) is 11.3. The van der Waals surface area contributed by atoms with Gasteiger partial charge < -0.3 is 10.2 Å². The first-order valence-corrected chi connectivity index (χ1v) is 11.3. The second-order valence-electron chi connectivity index (χ2n) is 8.65. The van der Waals surface area contributed by atoms with Gasteiger partial charge in [0.2, 0.25) is 0 Å². The van der Waals surface area contributed by atoms with Crippen molar-refractivity contribution in [2.45, 2.75) is 13.5 Å². The lowest BCUT2D eigenvalue weighted by atomic mass is 10.1. The highest BCUT2D eigenvalue weighted by molar-refractivity contribution is 6.05. The van der Waals surface area contributed by atoms with Crippen LogP contribution in [0, 0.1) is 6.92 Å². The van der Waals surface area contributed by atoms with Gasteiger partial charge >= 0.3 is 0 Å². The summed E-state index contributed by atoms with van der Waals surface area (Å²) >= 11 is 0. The maximum absolute atomic E-state index is 12.9. The number of amides is 1. The molecule has 0 radical (unpaired) electrons. The van der Waals surface area contributed by atoms with Gasteiger partial charge in [0.15, 0.2) is 5.82 Å². The number of carbonyl (C=O) groups excluding carboxylic acids is 1. The number of pyridine rings is 1. The van der Waals surface area contributed by atoms with Crippen LogP contribution in [-0.2, 0) is 6.54 Å². The zero-order valence-corrected chi connectivity index (χ0v) is 19.0. The van der Waals surface area contributed by atoms with E-state index in [2.05, 4.69) is 44.4 Å². The van der Waals surface area contributed by atoms with Gasteiger partial charge in [0, 0.05) is 43.8 Å². The fourth-order valence-corrected chi connectivity index (χ4v) is 4.19. The van der Waals surface area contributed by atoms with Gasteiger partial charge in [0.25, 0.3) is 5.91 Å². The van der Waals surface area contributed by atoms with Crippen LogP contribution in [0.5, 0.6) is 0 Å². The third kappa shape index (κ3) is 4.65. The van der Waals surface area contributed by atoms with E-state index in [1.165, 1.54) is 5.56 Å². The van der Waals surface area contributed by atoms with Gasteiger partial charge in [0.1, 0.15) is 0 Å². The third-order valence-electron chi connectivity index (χ3n) is 6.27. The highest BCUT2D eigenvalue weighted by Crippen LogP contribution is 2.19. The Bertz CT molecular complexity index is 1270. The van der Waals surface area contributed by atoms with Crippen molar-refractivity contribution < 1.29 is 4.79 Å². The summed E-state index contributed by atoms with van der Waals surface area (Å²) in [6, 6.07) is 20.0. The number of rotatable bonds is 5. The Morgan fingerprint density at radius 2 is 1.73 bits per heavy atom. The molecule has 1 saturated heterocycles. The molecule has 0 unspecified atom stereocenters. The molecule has 7 nitrogen and oxygen atoms in total. The van der Waals surface area contributed by atoms with Gasteiger partial charge in [-0.3, -0.25) is 9.69 Å². The minimum Gasteiger partial charge on any atom is -0.322 e. The molecule has 0 saturated carbocycles. The quantitative estimate of drug-likeness (QED) is 0.512. The molecular formula is C26H28N6O. The largest absolute Gasteiger partial charge is 0.322 e. The van der Waals surface area contributed by atoms with E-state index in [9.17, 15) is 4.79 Å².